The Labute approximate surface area is 55.3 Å². The largest absolute Gasteiger partial charge is 0.393 e. The van der Waals surface area contributed by atoms with Crippen molar-refractivity contribution in [2.45, 2.75) is 19.8 Å². The van der Waals surface area contributed by atoms with Crippen molar-refractivity contribution in [1.29, 1.82) is 0 Å². The fraction of sp³-hybridized carbons (Fsp3) is 0.833. The summed E-state index contributed by atoms with van der Waals surface area (Å²) >= 11 is 4.81. The number of hydrogen-bond donors (Lipinski definition) is 1. The third-order valence-corrected chi connectivity index (χ3v) is 2.15. The summed E-state index contributed by atoms with van der Waals surface area (Å²) in [7, 11) is 0. The second kappa shape index (κ2) is 2.02. The predicted molar refractivity (Wildman–Crippen MR) is 38.7 cm³/mol. The fourth-order valence-corrected chi connectivity index (χ4v) is 1.02. The van der Waals surface area contributed by atoms with Gasteiger partial charge in [0.15, 0.2) is 0 Å². The van der Waals surface area contributed by atoms with Crippen LogP contribution in [0.5, 0.6) is 0 Å². The molecule has 0 amide bonds. The van der Waals surface area contributed by atoms with Crippen LogP contribution in [0.2, 0.25) is 0 Å². The van der Waals surface area contributed by atoms with Gasteiger partial charge in [0.25, 0.3) is 0 Å². The molecule has 1 nitrogen and oxygen atoms in total. The van der Waals surface area contributed by atoms with E-state index in [1.807, 2.05) is 0 Å². The van der Waals surface area contributed by atoms with Gasteiger partial charge in [0, 0.05) is 5.92 Å². The van der Waals surface area contributed by atoms with Crippen LogP contribution >= 0.6 is 12.2 Å². The zero-order chi connectivity index (χ0) is 6.15. The van der Waals surface area contributed by atoms with Gasteiger partial charge in [-0.3, -0.25) is 0 Å². The zero-order valence-electron chi connectivity index (χ0n) is 5.05. The van der Waals surface area contributed by atoms with E-state index in [9.17, 15) is 0 Å². The van der Waals surface area contributed by atoms with Crippen LogP contribution in [-0.2, 0) is 0 Å². The Morgan fingerprint density at radius 2 is 2.25 bits per heavy atom. The summed E-state index contributed by atoms with van der Waals surface area (Å²) in [4.78, 5) is 0.688. The molecule has 2 heteroatoms. The molecular formula is C6H11NS. The van der Waals surface area contributed by atoms with E-state index in [0.29, 0.717) is 10.9 Å². The smallest absolute Gasteiger partial charge is 0.0758 e. The minimum absolute atomic E-state index is 0.491. The SMILES string of the molecule is CC(C(N)=S)C1CC1. The third kappa shape index (κ3) is 1.19. The van der Waals surface area contributed by atoms with Crippen molar-refractivity contribution in [2.24, 2.45) is 17.6 Å². The van der Waals surface area contributed by atoms with Gasteiger partial charge in [-0.25, -0.2) is 0 Å². The molecule has 8 heavy (non-hydrogen) atoms. The average molecular weight is 129 g/mol. The second-order valence-corrected chi connectivity index (χ2v) is 3.00. The van der Waals surface area contributed by atoms with Crippen molar-refractivity contribution in [1.82, 2.24) is 0 Å². The summed E-state index contributed by atoms with van der Waals surface area (Å²) in [6.45, 7) is 2.11. The molecule has 1 aliphatic rings. The molecule has 1 atom stereocenters. The van der Waals surface area contributed by atoms with E-state index in [2.05, 4.69) is 6.92 Å². The highest BCUT2D eigenvalue weighted by atomic mass is 32.1. The summed E-state index contributed by atoms with van der Waals surface area (Å²) in [5.74, 6) is 1.32. The number of rotatable bonds is 2. The lowest BCUT2D eigenvalue weighted by molar-refractivity contribution is 0.669. The van der Waals surface area contributed by atoms with Gasteiger partial charge in [0.1, 0.15) is 0 Å². The van der Waals surface area contributed by atoms with Gasteiger partial charge in [0.2, 0.25) is 0 Å². The molecule has 2 N–H and O–H groups in total. The highest BCUT2D eigenvalue weighted by Gasteiger charge is 2.29. The van der Waals surface area contributed by atoms with Gasteiger partial charge in [-0.05, 0) is 18.8 Å². The molecule has 0 aromatic carbocycles. The van der Waals surface area contributed by atoms with Crippen molar-refractivity contribution in [3.63, 3.8) is 0 Å². The first kappa shape index (κ1) is 6.02. The lowest BCUT2D eigenvalue weighted by Gasteiger charge is -2.04. The molecule has 0 aromatic heterocycles. The molecule has 0 radical (unpaired) electrons. The highest BCUT2D eigenvalue weighted by Crippen LogP contribution is 2.36. The molecule has 0 spiro atoms. The molecule has 1 unspecified atom stereocenters. The Balaban J connectivity index is 2.32. The number of hydrogen-bond acceptors (Lipinski definition) is 1. The topological polar surface area (TPSA) is 26.0 Å². The monoisotopic (exact) mass is 129 g/mol. The second-order valence-electron chi connectivity index (χ2n) is 2.53. The van der Waals surface area contributed by atoms with Crippen molar-refractivity contribution in [3.8, 4) is 0 Å². The maximum absolute atomic E-state index is 5.41. The van der Waals surface area contributed by atoms with Gasteiger partial charge in [-0.2, -0.15) is 0 Å². The summed E-state index contributed by atoms with van der Waals surface area (Å²) in [6.07, 6.45) is 2.66. The van der Waals surface area contributed by atoms with Gasteiger partial charge >= 0.3 is 0 Å². The van der Waals surface area contributed by atoms with E-state index in [4.69, 9.17) is 18.0 Å². The predicted octanol–water partition coefficient (Wildman–Crippen LogP) is 1.32. The molecule has 0 aliphatic heterocycles. The van der Waals surface area contributed by atoms with Gasteiger partial charge < -0.3 is 5.73 Å². The van der Waals surface area contributed by atoms with E-state index in [-0.39, 0.29) is 0 Å². The number of thiocarbonyl (C=S) groups is 1. The zero-order valence-corrected chi connectivity index (χ0v) is 5.87. The van der Waals surface area contributed by atoms with Crippen LogP contribution in [0.25, 0.3) is 0 Å². The molecule has 1 saturated carbocycles. The fourth-order valence-electron chi connectivity index (χ4n) is 0.829. The van der Waals surface area contributed by atoms with E-state index in [1.54, 1.807) is 0 Å². The van der Waals surface area contributed by atoms with Gasteiger partial charge in [0.05, 0.1) is 4.99 Å². The van der Waals surface area contributed by atoms with Crippen molar-refractivity contribution >= 4 is 17.2 Å². The molecule has 0 heterocycles. The molecular weight excluding hydrogens is 118 g/mol. The Hall–Kier alpha value is -0.110. The van der Waals surface area contributed by atoms with Gasteiger partial charge in [-0.1, -0.05) is 19.1 Å². The Bertz CT molecular complexity index is 107. The Morgan fingerprint density at radius 3 is 2.38 bits per heavy atom. The molecule has 1 aliphatic carbocycles. The van der Waals surface area contributed by atoms with E-state index in [0.717, 1.165) is 5.92 Å². The van der Waals surface area contributed by atoms with Crippen LogP contribution in [0.1, 0.15) is 19.8 Å². The van der Waals surface area contributed by atoms with Crippen molar-refractivity contribution in [3.05, 3.63) is 0 Å². The minimum Gasteiger partial charge on any atom is -0.393 e. The van der Waals surface area contributed by atoms with Gasteiger partial charge in [-0.15, -0.1) is 0 Å². The average Bonchev–Trinajstić information content (AvgIpc) is 2.43. The Kier molecular flexibility index (Phi) is 1.52. The van der Waals surface area contributed by atoms with E-state index >= 15 is 0 Å². The summed E-state index contributed by atoms with van der Waals surface area (Å²) in [6, 6.07) is 0. The maximum Gasteiger partial charge on any atom is 0.0758 e. The van der Waals surface area contributed by atoms with Crippen LogP contribution < -0.4 is 5.73 Å². The molecule has 1 rings (SSSR count). The van der Waals surface area contributed by atoms with Crippen LogP contribution in [0, 0.1) is 11.8 Å². The Morgan fingerprint density at radius 1 is 1.75 bits per heavy atom. The molecule has 0 saturated heterocycles. The quantitative estimate of drug-likeness (QED) is 0.569. The maximum atomic E-state index is 5.41. The normalized spacial score (nSPS) is 22.6. The third-order valence-electron chi connectivity index (χ3n) is 1.78. The highest BCUT2D eigenvalue weighted by molar-refractivity contribution is 7.80. The molecule has 46 valence electrons. The molecule has 0 aromatic rings. The van der Waals surface area contributed by atoms with E-state index < -0.39 is 0 Å². The summed E-state index contributed by atoms with van der Waals surface area (Å²) in [5.41, 5.74) is 5.41. The van der Waals surface area contributed by atoms with Crippen LogP contribution in [0.4, 0.5) is 0 Å². The number of nitrogens with two attached hydrogens (primary N) is 1. The van der Waals surface area contributed by atoms with Crippen molar-refractivity contribution in [2.75, 3.05) is 0 Å². The lowest BCUT2D eigenvalue weighted by Crippen LogP contribution is -2.19. The first-order valence-electron chi connectivity index (χ1n) is 3.01. The molecule has 1 fully saturated rings. The lowest BCUT2D eigenvalue weighted by atomic mass is 10.1. The minimum atomic E-state index is 0.491. The van der Waals surface area contributed by atoms with E-state index in [1.165, 1.54) is 12.8 Å². The molecule has 0 bridgehead atoms. The first-order valence-corrected chi connectivity index (χ1v) is 3.42. The van der Waals surface area contributed by atoms with Crippen LogP contribution in [0.3, 0.4) is 0 Å². The summed E-state index contributed by atoms with van der Waals surface area (Å²) in [5, 5.41) is 0. The van der Waals surface area contributed by atoms with Crippen LogP contribution in [0.15, 0.2) is 0 Å². The summed E-state index contributed by atoms with van der Waals surface area (Å²) < 4.78 is 0. The van der Waals surface area contributed by atoms with Crippen LogP contribution in [-0.4, -0.2) is 4.99 Å². The standard InChI is InChI=1S/C6H11NS/c1-4(6(7)8)5-2-3-5/h4-5H,2-3H2,1H3,(H2,7,8). The first-order chi connectivity index (χ1) is 3.72. The van der Waals surface area contributed by atoms with Crippen molar-refractivity contribution < 1.29 is 0 Å².